The highest BCUT2D eigenvalue weighted by atomic mass is 32.2. The summed E-state index contributed by atoms with van der Waals surface area (Å²) in [5.41, 5.74) is 2.35. The summed E-state index contributed by atoms with van der Waals surface area (Å²) in [6.45, 7) is 6.44. The largest absolute Gasteiger partial charge is 0.467 e. The summed E-state index contributed by atoms with van der Waals surface area (Å²) < 4.78 is 48.0. The Morgan fingerprint density at radius 3 is 2.54 bits per heavy atom. The number of amides is 1. The highest BCUT2D eigenvalue weighted by molar-refractivity contribution is 7.90. The van der Waals surface area contributed by atoms with E-state index in [0.717, 1.165) is 5.56 Å². The number of hydrogen-bond donors (Lipinski definition) is 0. The first-order valence-electron chi connectivity index (χ1n) is 12.0. The minimum Gasteiger partial charge on any atom is -0.467 e. The maximum atomic E-state index is 13.9. The number of halogens is 1. The van der Waals surface area contributed by atoms with E-state index in [0.29, 0.717) is 23.6 Å². The third-order valence-electron chi connectivity index (χ3n) is 5.97. The van der Waals surface area contributed by atoms with Gasteiger partial charge in [0.15, 0.2) is 0 Å². The maximum absolute atomic E-state index is 13.9. The molecule has 37 heavy (non-hydrogen) atoms. The Balaban J connectivity index is 1.70. The summed E-state index contributed by atoms with van der Waals surface area (Å²) in [5.74, 6) is -0.423. The van der Waals surface area contributed by atoms with Gasteiger partial charge in [-0.1, -0.05) is 44.2 Å². The van der Waals surface area contributed by atoms with Crippen LogP contribution in [0.5, 0.6) is 0 Å². The van der Waals surface area contributed by atoms with Crippen molar-refractivity contribution in [1.82, 2.24) is 14.5 Å². The number of carbonyl (C=O) groups is 1. The van der Waals surface area contributed by atoms with Crippen LogP contribution in [-0.2, 0) is 35.2 Å². The Labute approximate surface area is 216 Å². The number of imidazole rings is 1. The van der Waals surface area contributed by atoms with Crippen LogP contribution >= 0.6 is 0 Å². The predicted molar refractivity (Wildman–Crippen MR) is 138 cm³/mol. The Kier molecular flexibility index (Phi) is 7.92. The van der Waals surface area contributed by atoms with Gasteiger partial charge in [0.2, 0.25) is 15.0 Å². The lowest BCUT2D eigenvalue weighted by Gasteiger charge is -2.23. The SMILES string of the molecule is Cc1ccccc1CS(=O)(=O)c1ncc(CN(Cc2ccco2)C(=O)c2cccc(F)c2)n1CC(C)C. The Morgan fingerprint density at radius 2 is 1.86 bits per heavy atom. The van der Waals surface area contributed by atoms with Crippen molar-refractivity contribution in [3.05, 3.63) is 107 Å². The van der Waals surface area contributed by atoms with Gasteiger partial charge < -0.3 is 13.9 Å². The average molecular weight is 524 g/mol. The molecule has 2 heterocycles. The van der Waals surface area contributed by atoms with Gasteiger partial charge in [0, 0.05) is 12.1 Å². The van der Waals surface area contributed by atoms with Crippen LogP contribution in [0.1, 0.15) is 46.8 Å². The van der Waals surface area contributed by atoms with E-state index in [9.17, 15) is 17.6 Å². The summed E-state index contributed by atoms with van der Waals surface area (Å²) in [6, 6.07) is 16.3. The molecular formula is C28H30FN3O4S. The van der Waals surface area contributed by atoms with Crippen LogP contribution in [0, 0.1) is 18.7 Å². The molecule has 1 amide bonds. The van der Waals surface area contributed by atoms with Crippen LogP contribution in [-0.4, -0.2) is 28.8 Å². The summed E-state index contributed by atoms with van der Waals surface area (Å²) in [6.07, 6.45) is 3.01. The summed E-state index contributed by atoms with van der Waals surface area (Å²) in [4.78, 5) is 19.2. The molecule has 0 radical (unpaired) electrons. The van der Waals surface area contributed by atoms with E-state index in [2.05, 4.69) is 4.98 Å². The zero-order valence-electron chi connectivity index (χ0n) is 21.1. The normalized spacial score (nSPS) is 11.7. The second-order valence-electron chi connectivity index (χ2n) is 9.47. The summed E-state index contributed by atoms with van der Waals surface area (Å²) in [7, 11) is -3.77. The lowest BCUT2D eigenvalue weighted by molar-refractivity contribution is 0.0712. The number of rotatable bonds is 10. The fourth-order valence-electron chi connectivity index (χ4n) is 4.16. The number of hydrogen-bond acceptors (Lipinski definition) is 5. The zero-order valence-corrected chi connectivity index (χ0v) is 21.9. The van der Waals surface area contributed by atoms with E-state index in [4.69, 9.17) is 4.42 Å². The molecular weight excluding hydrogens is 493 g/mol. The lowest BCUT2D eigenvalue weighted by Crippen LogP contribution is -2.31. The molecule has 194 valence electrons. The Bertz CT molecular complexity index is 1480. The van der Waals surface area contributed by atoms with E-state index in [1.165, 1.54) is 35.6 Å². The third-order valence-corrected chi connectivity index (χ3v) is 7.55. The van der Waals surface area contributed by atoms with E-state index in [1.807, 2.05) is 39.0 Å². The molecule has 0 bridgehead atoms. The third kappa shape index (κ3) is 6.35. The number of carbonyl (C=O) groups excluding carboxylic acids is 1. The van der Waals surface area contributed by atoms with Gasteiger partial charge in [-0.3, -0.25) is 4.79 Å². The van der Waals surface area contributed by atoms with Gasteiger partial charge in [-0.15, -0.1) is 0 Å². The molecule has 0 N–H and O–H groups in total. The monoisotopic (exact) mass is 523 g/mol. The molecule has 2 aromatic heterocycles. The molecule has 0 aliphatic heterocycles. The Hall–Kier alpha value is -3.72. The molecule has 9 heteroatoms. The van der Waals surface area contributed by atoms with Crippen molar-refractivity contribution >= 4 is 15.7 Å². The van der Waals surface area contributed by atoms with E-state index >= 15 is 0 Å². The molecule has 0 aliphatic carbocycles. The van der Waals surface area contributed by atoms with E-state index < -0.39 is 21.6 Å². The number of benzene rings is 2. The van der Waals surface area contributed by atoms with Crippen LogP contribution in [0.25, 0.3) is 0 Å². The molecule has 0 atom stereocenters. The molecule has 0 saturated carbocycles. The molecule has 7 nitrogen and oxygen atoms in total. The topological polar surface area (TPSA) is 85.4 Å². The molecule has 4 rings (SSSR count). The zero-order chi connectivity index (χ0) is 26.6. The highest BCUT2D eigenvalue weighted by Gasteiger charge is 2.27. The van der Waals surface area contributed by atoms with Gasteiger partial charge in [0.25, 0.3) is 5.91 Å². The quantitative estimate of drug-likeness (QED) is 0.278. The van der Waals surface area contributed by atoms with Crippen LogP contribution in [0.3, 0.4) is 0 Å². The average Bonchev–Trinajstić information content (AvgIpc) is 3.50. The van der Waals surface area contributed by atoms with Crippen molar-refractivity contribution in [2.24, 2.45) is 5.92 Å². The first-order valence-corrected chi connectivity index (χ1v) is 13.7. The second kappa shape index (κ2) is 11.1. The van der Waals surface area contributed by atoms with Crippen molar-refractivity contribution in [3.8, 4) is 0 Å². The highest BCUT2D eigenvalue weighted by Crippen LogP contribution is 2.23. The minimum absolute atomic E-state index is 0.0318. The van der Waals surface area contributed by atoms with Crippen LogP contribution in [0.15, 0.2) is 82.7 Å². The smallest absolute Gasteiger partial charge is 0.254 e. The number of aromatic nitrogens is 2. The van der Waals surface area contributed by atoms with Gasteiger partial charge in [0.05, 0.1) is 37.0 Å². The molecule has 4 aromatic rings. The van der Waals surface area contributed by atoms with Crippen molar-refractivity contribution in [1.29, 1.82) is 0 Å². The lowest BCUT2D eigenvalue weighted by atomic mass is 10.1. The molecule has 2 aromatic carbocycles. The van der Waals surface area contributed by atoms with Crippen molar-refractivity contribution in [2.75, 3.05) is 0 Å². The molecule has 0 unspecified atom stereocenters. The van der Waals surface area contributed by atoms with E-state index in [1.54, 1.807) is 28.8 Å². The second-order valence-corrected chi connectivity index (χ2v) is 11.4. The minimum atomic E-state index is -3.77. The van der Waals surface area contributed by atoms with Gasteiger partial charge in [0.1, 0.15) is 11.6 Å². The molecule has 0 saturated heterocycles. The van der Waals surface area contributed by atoms with E-state index in [-0.39, 0.29) is 35.5 Å². The maximum Gasteiger partial charge on any atom is 0.254 e. The fourth-order valence-corrected chi connectivity index (χ4v) is 5.76. The molecule has 0 fully saturated rings. The number of furan rings is 1. The Morgan fingerprint density at radius 1 is 1.08 bits per heavy atom. The van der Waals surface area contributed by atoms with Crippen LogP contribution in [0.4, 0.5) is 4.39 Å². The summed E-state index contributed by atoms with van der Waals surface area (Å²) >= 11 is 0. The standard InChI is InChI=1S/C28H30FN3O4S/c1-20(2)16-32-25(15-30-28(32)37(34,35)19-23-9-5-4-8-21(23)3)17-31(18-26-12-7-13-36-26)27(33)22-10-6-11-24(29)14-22/h4-15,20H,16-19H2,1-3H3. The van der Waals surface area contributed by atoms with Gasteiger partial charge in [-0.2, -0.15) is 0 Å². The number of nitrogens with zero attached hydrogens (tertiary/aromatic N) is 3. The van der Waals surface area contributed by atoms with Gasteiger partial charge >= 0.3 is 0 Å². The van der Waals surface area contributed by atoms with Crippen molar-refractivity contribution in [3.63, 3.8) is 0 Å². The first kappa shape index (κ1) is 26.3. The number of aryl methyl sites for hydroxylation is 1. The van der Waals surface area contributed by atoms with Gasteiger partial charge in [-0.25, -0.2) is 17.8 Å². The van der Waals surface area contributed by atoms with Crippen LogP contribution in [0.2, 0.25) is 0 Å². The van der Waals surface area contributed by atoms with Crippen molar-refractivity contribution in [2.45, 2.75) is 51.3 Å². The molecule has 0 spiro atoms. The van der Waals surface area contributed by atoms with Crippen LogP contribution < -0.4 is 0 Å². The predicted octanol–water partition coefficient (Wildman–Crippen LogP) is 5.40. The first-order chi connectivity index (χ1) is 17.6. The number of sulfone groups is 1. The van der Waals surface area contributed by atoms with Gasteiger partial charge in [-0.05, 0) is 54.3 Å². The summed E-state index contributed by atoms with van der Waals surface area (Å²) in [5, 5.41) is -0.0318. The molecule has 0 aliphatic rings. The van der Waals surface area contributed by atoms with Crippen molar-refractivity contribution < 1.29 is 22.0 Å². The fraction of sp³-hybridized carbons (Fsp3) is 0.286.